The number of imidazole rings is 1. The van der Waals surface area contributed by atoms with E-state index in [1.165, 1.54) is 0 Å². The SMILES string of the molecule is C/C(=N\O)c1cn(COCC[Si](C)(C)C)cn1. The topological polar surface area (TPSA) is 59.6 Å². The number of oxime groups is 1. The zero-order valence-electron chi connectivity index (χ0n) is 11.0. The number of rotatable bonds is 6. The van der Waals surface area contributed by atoms with Crippen molar-refractivity contribution in [1.29, 1.82) is 0 Å². The van der Waals surface area contributed by atoms with Crippen LogP contribution in [0.1, 0.15) is 12.6 Å². The maximum Gasteiger partial charge on any atom is 0.123 e. The molecule has 0 saturated heterocycles. The summed E-state index contributed by atoms with van der Waals surface area (Å²) >= 11 is 0. The molecule has 1 rings (SSSR count). The summed E-state index contributed by atoms with van der Waals surface area (Å²) in [4.78, 5) is 4.12. The van der Waals surface area contributed by atoms with Gasteiger partial charge in [0.2, 0.25) is 0 Å². The standard InChI is InChI=1S/C11H21N3O2Si/c1-10(13-15)11-7-14(8-12-11)9-16-5-6-17(2,3)4/h7-8,15H,5-6,9H2,1-4H3/b13-10+. The van der Waals surface area contributed by atoms with E-state index in [0.717, 1.165) is 12.7 Å². The van der Waals surface area contributed by atoms with Gasteiger partial charge < -0.3 is 14.5 Å². The van der Waals surface area contributed by atoms with Gasteiger partial charge in [-0.3, -0.25) is 0 Å². The molecular formula is C11H21N3O2Si. The van der Waals surface area contributed by atoms with Gasteiger partial charge in [0, 0.05) is 20.9 Å². The van der Waals surface area contributed by atoms with E-state index in [2.05, 4.69) is 29.8 Å². The fraction of sp³-hybridized carbons (Fsp3) is 0.636. The molecular weight excluding hydrogens is 234 g/mol. The first kappa shape index (κ1) is 13.9. The van der Waals surface area contributed by atoms with E-state index in [1.54, 1.807) is 13.3 Å². The van der Waals surface area contributed by atoms with Crippen LogP contribution in [0.2, 0.25) is 25.7 Å². The summed E-state index contributed by atoms with van der Waals surface area (Å²) in [5, 5.41) is 11.7. The molecule has 1 aromatic rings. The Morgan fingerprint density at radius 3 is 2.82 bits per heavy atom. The average molecular weight is 255 g/mol. The Morgan fingerprint density at radius 2 is 2.24 bits per heavy atom. The number of ether oxygens (including phenoxy) is 1. The molecule has 0 radical (unpaired) electrons. The summed E-state index contributed by atoms with van der Waals surface area (Å²) in [6, 6.07) is 1.16. The van der Waals surface area contributed by atoms with Gasteiger partial charge in [0.25, 0.3) is 0 Å². The highest BCUT2D eigenvalue weighted by Gasteiger charge is 2.12. The number of hydrogen-bond acceptors (Lipinski definition) is 4. The molecule has 0 aliphatic rings. The third-order valence-corrected chi connectivity index (χ3v) is 4.09. The van der Waals surface area contributed by atoms with Crippen LogP contribution in [0.25, 0.3) is 0 Å². The van der Waals surface area contributed by atoms with E-state index in [0.29, 0.717) is 18.1 Å². The average Bonchev–Trinajstić information content (AvgIpc) is 2.70. The van der Waals surface area contributed by atoms with Crippen molar-refractivity contribution in [2.45, 2.75) is 39.3 Å². The second-order valence-electron chi connectivity index (χ2n) is 5.31. The van der Waals surface area contributed by atoms with Gasteiger partial charge in [-0.2, -0.15) is 0 Å². The van der Waals surface area contributed by atoms with Crippen LogP contribution < -0.4 is 0 Å². The van der Waals surface area contributed by atoms with Gasteiger partial charge >= 0.3 is 0 Å². The molecule has 1 heterocycles. The molecule has 96 valence electrons. The highest BCUT2D eigenvalue weighted by molar-refractivity contribution is 6.76. The molecule has 0 saturated carbocycles. The summed E-state index contributed by atoms with van der Waals surface area (Å²) in [6.45, 7) is 9.97. The molecule has 0 spiro atoms. The summed E-state index contributed by atoms with van der Waals surface area (Å²) in [7, 11) is -1.02. The minimum atomic E-state index is -1.02. The van der Waals surface area contributed by atoms with Crippen molar-refractivity contribution in [3.63, 3.8) is 0 Å². The van der Waals surface area contributed by atoms with Crippen LogP contribution in [0, 0.1) is 0 Å². The Morgan fingerprint density at radius 1 is 1.53 bits per heavy atom. The van der Waals surface area contributed by atoms with E-state index in [1.807, 2.05) is 10.8 Å². The van der Waals surface area contributed by atoms with Gasteiger partial charge in [0.05, 0.1) is 6.33 Å². The lowest BCUT2D eigenvalue weighted by molar-refractivity contribution is 0.0871. The summed E-state index contributed by atoms with van der Waals surface area (Å²) < 4.78 is 7.42. The molecule has 0 fully saturated rings. The molecule has 0 bridgehead atoms. The highest BCUT2D eigenvalue weighted by Crippen LogP contribution is 2.08. The van der Waals surface area contributed by atoms with Crippen LogP contribution in [0.3, 0.4) is 0 Å². The van der Waals surface area contributed by atoms with Gasteiger partial charge in [-0.15, -0.1) is 0 Å². The van der Waals surface area contributed by atoms with Crippen LogP contribution in [-0.4, -0.2) is 35.2 Å². The van der Waals surface area contributed by atoms with Crippen LogP contribution in [0.15, 0.2) is 17.7 Å². The van der Waals surface area contributed by atoms with E-state index in [4.69, 9.17) is 9.94 Å². The Balaban J connectivity index is 2.36. The maximum atomic E-state index is 8.61. The predicted octanol–water partition coefficient (Wildman–Crippen LogP) is 2.39. The largest absolute Gasteiger partial charge is 0.411 e. The van der Waals surface area contributed by atoms with E-state index < -0.39 is 8.07 Å². The third-order valence-electron chi connectivity index (χ3n) is 2.39. The summed E-state index contributed by atoms with van der Waals surface area (Å²) in [5.74, 6) is 0. The Hall–Kier alpha value is -1.14. The van der Waals surface area contributed by atoms with Crippen LogP contribution in [-0.2, 0) is 11.5 Å². The zero-order chi connectivity index (χ0) is 12.9. The van der Waals surface area contributed by atoms with Gasteiger partial charge in [0.1, 0.15) is 18.1 Å². The van der Waals surface area contributed by atoms with E-state index >= 15 is 0 Å². The van der Waals surface area contributed by atoms with Crippen molar-refractivity contribution in [1.82, 2.24) is 9.55 Å². The fourth-order valence-corrected chi connectivity index (χ4v) is 1.97. The van der Waals surface area contributed by atoms with E-state index in [-0.39, 0.29) is 0 Å². The van der Waals surface area contributed by atoms with Gasteiger partial charge in [-0.25, -0.2) is 4.98 Å². The minimum absolute atomic E-state index is 0.496. The molecule has 0 aliphatic heterocycles. The molecule has 0 atom stereocenters. The summed E-state index contributed by atoms with van der Waals surface area (Å²) in [5.41, 5.74) is 1.17. The minimum Gasteiger partial charge on any atom is -0.411 e. The molecule has 0 aliphatic carbocycles. The molecule has 1 N–H and O–H groups in total. The first-order valence-corrected chi connectivity index (χ1v) is 9.41. The molecule has 17 heavy (non-hydrogen) atoms. The van der Waals surface area contributed by atoms with Crippen LogP contribution in [0.5, 0.6) is 0 Å². The number of hydrogen-bond donors (Lipinski definition) is 1. The maximum absolute atomic E-state index is 8.61. The Bertz CT molecular complexity index is 382. The van der Waals surface area contributed by atoms with Gasteiger partial charge in [-0.1, -0.05) is 24.8 Å². The van der Waals surface area contributed by atoms with Crippen molar-refractivity contribution < 1.29 is 9.94 Å². The van der Waals surface area contributed by atoms with Gasteiger partial charge in [0.15, 0.2) is 0 Å². The molecule has 5 nitrogen and oxygen atoms in total. The van der Waals surface area contributed by atoms with E-state index in [9.17, 15) is 0 Å². The zero-order valence-corrected chi connectivity index (χ0v) is 12.0. The van der Waals surface area contributed by atoms with Crippen molar-refractivity contribution in [3.05, 3.63) is 18.2 Å². The first-order valence-electron chi connectivity index (χ1n) is 5.71. The fourth-order valence-electron chi connectivity index (χ4n) is 1.22. The monoisotopic (exact) mass is 255 g/mol. The lowest BCUT2D eigenvalue weighted by Crippen LogP contribution is -2.21. The predicted molar refractivity (Wildman–Crippen MR) is 70.3 cm³/mol. The smallest absolute Gasteiger partial charge is 0.123 e. The molecule has 1 aromatic heterocycles. The van der Waals surface area contributed by atoms with Crippen molar-refractivity contribution in [3.8, 4) is 0 Å². The highest BCUT2D eigenvalue weighted by atomic mass is 28.3. The van der Waals surface area contributed by atoms with Crippen molar-refractivity contribution in [2.24, 2.45) is 5.16 Å². The molecule has 0 unspecified atom stereocenters. The quantitative estimate of drug-likeness (QED) is 0.279. The van der Waals surface area contributed by atoms with Crippen LogP contribution >= 0.6 is 0 Å². The summed E-state index contributed by atoms with van der Waals surface area (Å²) in [6.07, 6.45) is 3.49. The molecule has 6 heteroatoms. The second-order valence-corrected chi connectivity index (χ2v) is 10.9. The molecule has 0 aromatic carbocycles. The number of nitrogens with zero attached hydrogens (tertiary/aromatic N) is 3. The second kappa shape index (κ2) is 5.97. The lowest BCUT2D eigenvalue weighted by atomic mass is 10.3. The van der Waals surface area contributed by atoms with Gasteiger partial charge in [-0.05, 0) is 13.0 Å². The lowest BCUT2D eigenvalue weighted by Gasteiger charge is -2.15. The first-order chi connectivity index (χ1) is 7.92. The van der Waals surface area contributed by atoms with Crippen LogP contribution in [0.4, 0.5) is 0 Å². The number of aromatic nitrogens is 2. The Kier molecular flexibility index (Phi) is 4.89. The Labute approximate surface area is 103 Å². The van der Waals surface area contributed by atoms with Crippen molar-refractivity contribution >= 4 is 13.8 Å². The normalized spacial score (nSPS) is 13.1. The third kappa shape index (κ3) is 5.14. The van der Waals surface area contributed by atoms with Crippen molar-refractivity contribution in [2.75, 3.05) is 6.61 Å². The molecule has 0 amide bonds.